The molecule has 0 radical (unpaired) electrons. The molecule has 2 rings (SSSR count). The number of ether oxygens (including phenoxy) is 1. The molecule has 2 saturated heterocycles. The van der Waals surface area contributed by atoms with Crippen LogP contribution in [0.1, 0.15) is 19.8 Å². The van der Waals surface area contributed by atoms with Crippen LogP contribution in [0.4, 0.5) is 4.39 Å². The molecular weight excluding hydrogens is 195 g/mol. The summed E-state index contributed by atoms with van der Waals surface area (Å²) in [6.45, 7) is 7.28. The zero-order valence-corrected chi connectivity index (χ0v) is 9.47. The van der Waals surface area contributed by atoms with Crippen LogP contribution in [0.15, 0.2) is 0 Å². The molecule has 3 nitrogen and oxygen atoms in total. The summed E-state index contributed by atoms with van der Waals surface area (Å²) in [5, 5.41) is 3.34. The standard InChI is InChI=1S/C11H21FN2O/c1-11(9-13-4-7-15-11)3-6-14-5-2-10(12)8-14/h10,13H,2-9H2,1H3/t10-,11-/m1/s1. The van der Waals surface area contributed by atoms with Crippen molar-refractivity contribution in [1.82, 2.24) is 10.2 Å². The van der Waals surface area contributed by atoms with E-state index in [1.807, 2.05) is 0 Å². The first-order valence-electron chi connectivity index (χ1n) is 5.89. The minimum Gasteiger partial charge on any atom is -0.373 e. The fourth-order valence-corrected chi connectivity index (χ4v) is 2.32. The summed E-state index contributed by atoms with van der Waals surface area (Å²) >= 11 is 0. The van der Waals surface area contributed by atoms with Crippen LogP contribution in [0.5, 0.6) is 0 Å². The maximum Gasteiger partial charge on any atom is 0.114 e. The van der Waals surface area contributed by atoms with Gasteiger partial charge >= 0.3 is 0 Å². The second-order valence-electron chi connectivity index (χ2n) is 4.91. The third kappa shape index (κ3) is 3.13. The molecule has 0 aliphatic carbocycles. The predicted molar refractivity (Wildman–Crippen MR) is 57.8 cm³/mol. The summed E-state index contributed by atoms with van der Waals surface area (Å²) in [5.74, 6) is 0. The van der Waals surface area contributed by atoms with Crippen molar-refractivity contribution in [1.29, 1.82) is 0 Å². The van der Waals surface area contributed by atoms with E-state index in [0.29, 0.717) is 13.0 Å². The van der Waals surface area contributed by atoms with Gasteiger partial charge in [0.2, 0.25) is 0 Å². The fourth-order valence-electron chi connectivity index (χ4n) is 2.32. The number of halogens is 1. The molecule has 2 aliphatic heterocycles. The Morgan fingerprint density at radius 3 is 3.07 bits per heavy atom. The highest BCUT2D eigenvalue weighted by atomic mass is 19.1. The Hall–Kier alpha value is -0.190. The molecule has 88 valence electrons. The average molecular weight is 216 g/mol. The van der Waals surface area contributed by atoms with E-state index >= 15 is 0 Å². The van der Waals surface area contributed by atoms with E-state index in [0.717, 1.165) is 39.2 Å². The van der Waals surface area contributed by atoms with Crippen molar-refractivity contribution in [2.45, 2.75) is 31.5 Å². The lowest BCUT2D eigenvalue weighted by molar-refractivity contribution is -0.0613. The molecule has 0 spiro atoms. The van der Waals surface area contributed by atoms with Crippen molar-refractivity contribution in [3.8, 4) is 0 Å². The topological polar surface area (TPSA) is 24.5 Å². The number of nitrogens with one attached hydrogen (secondary N) is 1. The van der Waals surface area contributed by atoms with Crippen LogP contribution in [-0.2, 0) is 4.74 Å². The van der Waals surface area contributed by atoms with Gasteiger partial charge in [0.1, 0.15) is 6.17 Å². The van der Waals surface area contributed by atoms with E-state index in [4.69, 9.17) is 4.74 Å². The van der Waals surface area contributed by atoms with Crippen molar-refractivity contribution in [2.24, 2.45) is 0 Å². The highest BCUT2D eigenvalue weighted by Crippen LogP contribution is 2.20. The molecule has 0 amide bonds. The normalized spacial score (nSPS) is 38.4. The largest absolute Gasteiger partial charge is 0.373 e. The van der Waals surface area contributed by atoms with Crippen LogP contribution in [-0.4, -0.2) is 56.0 Å². The molecule has 15 heavy (non-hydrogen) atoms. The van der Waals surface area contributed by atoms with Crippen LogP contribution in [0.3, 0.4) is 0 Å². The number of morpholine rings is 1. The van der Waals surface area contributed by atoms with Gasteiger partial charge in [-0.3, -0.25) is 0 Å². The van der Waals surface area contributed by atoms with Crippen molar-refractivity contribution in [2.75, 3.05) is 39.3 Å². The summed E-state index contributed by atoms with van der Waals surface area (Å²) in [6.07, 6.45) is 1.09. The number of hydrogen-bond donors (Lipinski definition) is 1. The Morgan fingerprint density at radius 2 is 2.47 bits per heavy atom. The molecule has 4 heteroatoms. The number of hydrogen-bond acceptors (Lipinski definition) is 3. The second-order valence-corrected chi connectivity index (χ2v) is 4.91. The molecule has 2 atom stereocenters. The van der Waals surface area contributed by atoms with Crippen molar-refractivity contribution in [3.05, 3.63) is 0 Å². The average Bonchev–Trinajstić information content (AvgIpc) is 2.63. The van der Waals surface area contributed by atoms with Gasteiger partial charge in [-0.25, -0.2) is 4.39 Å². The van der Waals surface area contributed by atoms with Gasteiger partial charge in [-0.15, -0.1) is 0 Å². The Balaban J connectivity index is 1.72. The number of rotatable bonds is 3. The SMILES string of the molecule is C[C@@]1(CCN2CC[C@@H](F)C2)CNCCO1. The van der Waals surface area contributed by atoms with Gasteiger partial charge in [-0.05, 0) is 19.8 Å². The minimum atomic E-state index is -0.608. The lowest BCUT2D eigenvalue weighted by Crippen LogP contribution is -2.49. The highest BCUT2D eigenvalue weighted by Gasteiger charge is 2.29. The maximum atomic E-state index is 12.9. The molecule has 2 fully saturated rings. The van der Waals surface area contributed by atoms with Gasteiger partial charge < -0.3 is 15.0 Å². The van der Waals surface area contributed by atoms with Gasteiger partial charge in [0.05, 0.1) is 12.2 Å². The second kappa shape index (κ2) is 4.76. The molecule has 1 N–H and O–H groups in total. The highest BCUT2D eigenvalue weighted by molar-refractivity contribution is 4.84. The molecule has 0 aromatic rings. The lowest BCUT2D eigenvalue weighted by Gasteiger charge is -2.35. The quantitative estimate of drug-likeness (QED) is 0.755. The van der Waals surface area contributed by atoms with Crippen LogP contribution in [0.2, 0.25) is 0 Å². The summed E-state index contributed by atoms with van der Waals surface area (Å²) in [4.78, 5) is 2.20. The van der Waals surface area contributed by atoms with Gasteiger partial charge in [-0.2, -0.15) is 0 Å². The molecule has 0 bridgehead atoms. The Morgan fingerprint density at radius 1 is 1.60 bits per heavy atom. The first-order valence-corrected chi connectivity index (χ1v) is 5.89. The maximum absolute atomic E-state index is 12.9. The van der Waals surface area contributed by atoms with E-state index < -0.39 is 6.17 Å². The number of nitrogens with zero attached hydrogens (tertiary/aromatic N) is 1. The van der Waals surface area contributed by atoms with Gasteiger partial charge in [-0.1, -0.05) is 0 Å². The van der Waals surface area contributed by atoms with Gasteiger partial charge in [0.25, 0.3) is 0 Å². The van der Waals surface area contributed by atoms with Crippen LogP contribution >= 0.6 is 0 Å². The van der Waals surface area contributed by atoms with E-state index in [1.165, 1.54) is 0 Å². The first-order chi connectivity index (χ1) is 7.18. The van der Waals surface area contributed by atoms with Crippen molar-refractivity contribution >= 4 is 0 Å². The zero-order valence-electron chi connectivity index (χ0n) is 9.47. The predicted octanol–water partition coefficient (Wildman–Crippen LogP) is 0.799. The zero-order chi connectivity index (χ0) is 10.7. The molecule has 2 heterocycles. The molecule has 0 unspecified atom stereocenters. The Kier molecular flexibility index (Phi) is 3.59. The van der Waals surface area contributed by atoms with E-state index in [9.17, 15) is 4.39 Å². The fraction of sp³-hybridized carbons (Fsp3) is 1.00. The summed E-state index contributed by atoms with van der Waals surface area (Å²) in [7, 11) is 0. The molecule has 0 saturated carbocycles. The monoisotopic (exact) mass is 216 g/mol. The van der Waals surface area contributed by atoms with E-state index in [2.05, 4.69) is 17.1 Å². The summed E-state index contributed by atoms with van der Waals surface area (Å²) in [5.41, 5.74) is -0.0490. The molecule has 0 aromatic heterocycles. The summed E-state index contributed by atoms with van der Waals surface area (Å²) in [6, 6.07) is 0. The third-order valence-corrected chi connectivity index (χ3v) is 3.40. The minimum absolute atomic E-state index is 0.0490. The number of alkyl halides is 1. The van der Waals surface area contributed by atoms with Gasteiger partial charge in [0.15, 0.2) is 0 Å². The Labute approximate surface area is 91.0 Å². The van der Waals surface area contributed by atoms with Crippen molar-refractivity contribution in [3.63, 3.8) is 0 Å². The van der Waals surface area contributed by atoms with Gasteiger partial charge in [0, 0.05) is 32.7 Å². The number of likely N-dealkylation sites (tertiary alicyclic amines) is 1. The third-order valence-electron chi connectivity index (χ3n) is 3.40. The van der Waals surface area contributed by atoms with Crippen LogP contribution in [0.25, 0.3) is 0 Å². The molecule has 2 aliphatic rings. The van der Waals surface area contributed by atoms with Crippen LogP contribution in [0, 0.1) is 0 Å². The lowest BCUT2D eigenvalue weighted by atomic mass is 10.0. The van der Waals surface area contributed by atoms with E-state index in [1.54, 1.807) is 0 Å². The smallest absolute Gasteiger partial charge is 0.114 e. The molecular formula is C11H21FN2O. The molecule has 0 aromatic carbocycles. The first kappa shape index (κ1) is 11.3. The van der Waals surface area contributed by atoms with Crippen LogP contribution < -0.4 is 5.32 Å². The van der Waals surface area contributed by atoms with E-state index in [-0.39, 0.29) is 5.60 Å². The Bertz CT molecular complexity index is 207. The summed E-state index contributed by atoms with van der Waals surface area (Å²) < 4.78 is 18.7. The van der Waals surface area contributed by atoms with Crippen molar-refractivity contribution < 1.29 is 9.13 Å².